The molecule has 10 heteroatoms. The zero-order valence-electron chi connectivity index (χ0n) is 16.7. The van der Waals surface area contributed by atoms with Crippen molar-refractivity contribution >= 4 is 35.8 Å². The number of aliphatic hydroxyl groups excluding tert-OH is 2. The maximum Gasteiger partial charge on any atom is 0.186 e. The third kappa shape index (κ3) is 5.32. The predicted molar refractivity (Wildman–Crippen MR) is 117 cm³/mol. The molecular weight excluding hydrogens is 499 g/mol. The van der Waals surface area contributed by atoms with Crippen LogP contribution in [0.3, 0.4) is 0 Å². The third-order valence-electron chi connectivity index (χ3n) is 6.52. The van der Waals surface area contributed by atoms with Crippen LogP contribution in [-0.2, 0) is 18.4 Å². The first-order valence-electron chi connectivity index (χ1n) is 9.87. The number of aliphatic hydroxyl groups is 2. The quantitative estimate of drug-likeness (QED) is 0.123. The maximum atomic E-state index is 9.80. The number of nitrogens with two attached hydrogens (primary N) is 1. The summed E-state index contributed by atoms with van der Waals surface area (Å²) in [5, 5.41) is 19.5. The van der Waals surface area contributed by atoms with E-state index in [9.17, 15) is 10.2 Å². The fourth-order valence-corrected chi connectivity index (χ4v) is 4.74. The van der Waals surface area contributed by atoms with E-state index in [1.165, 1.54) is 0 Å². The summed E-state index contributed by atoms with van der Waals surface area (Å²) in [6.45, 7) is 5.53. The average molecular weight is 534 g/mol. The number of ether oxygens (including phenoxy) is 3. The number of rotatable bonds is 10. The van der Waals surface area contributed by atoms with Crippen LogP contribution in [0.1, 0.15) is 39.5 Å². The Bertz CT molecular complexity index is 471. The van der Waals surface area contributed by atoms with Gasteiger partial charge in [0.05, 0.1) is 51.8 Å². The lowest BCUT2D eigenvalue weighted by Gasteiger charge is -2.53. The van der Waals surface area contributed by atoms with Crippen molar-refractivity contribution in [1.82, 2.24) is 3.53 Å². The van der Waals surface area contributed by atoms with Crippen molar-refractivity contribution in [2.24, 2.45) is 16.6 Å². The molecule has 1 aliphatic carbocycles. The standard InChI is InChI=1S/C18H35IN2O6S/c1-3-16(7-22,12-27-28)9-24-14-5-15(21-19)18(6-13(14)20)25-10-17(4-2,8-23)11-26-18/h13-15,21-23,28H,3-12,20H2,1-2H3. The van der Waals surface area contributed by atoms with Crippen molar-refractivity contribution in [1.29, 1.82) is 0 Å². The number of thiol groups is 1. The van der Waals surface area contributed by atoms with Gasteiger partial charge < -0.3 is 34.3 Å². The second kappa shape index (κ2) is 10.9. The Labute approximate surface area is 187 Å². The van der Waals surface area contributed by atoms with Gasteiger partial charge in [0.2, 0.25) is 0 Å². The van der Waals surface area contributed by atoms with Crippen LogP contribution in [0.5, 0.6) is 0 Å². The highest BCUT2D eigenvalue weighted by Crippen LogP contribution is 2.42. The fourth-order valence-electron chi connectivity index (χ4n) is 3.74. The van der Waals surface area contributed by atoms with E-state index in [1.807, 2.05) is 13.8 Å². The fraction of sp³-hybridized carbons (Fsp3) is 1.00. The molecule has 1 saturated carbocycles. The van der Waals surface area contributed by atoms with Crippen LogP contribution in [0.15, 0.2) is 0 Å². The molecule has 1 heterocycles. The van der Waals surface area contributed by atoms with Crippen molar-refractivity contribution in [2.75, 3.05) is 39.6 Å². The van der Waals surface area contributed by atoms with Crippen LogP contribution >= 0.6 is 35.8 Å². The molecular formula is C18H35IN2O6S. The number of halogens is 1. The molecule has 1 spiro atoms. The first-order chi connectivity index (χ1) is 13.4. The first kappa shape index (κ1) is 25.0. The van der Waals surface area contributed by atoms with Gasteiger partial charge in [-0.3, -0.25) is 3.53 Å². The summed E-state index contributed by atoms with van der Waals surface area (Å²) in [6, 6.07) is -0.368. The summed E-state index contributed by atoms with van der Waals surface area (Å²) < 4.78 is 26.8. The Morgan fingerprint density at radius 1 is 1.29 bits per heavy atom. The van der Waals surface area contributed by atoms with Crippen molar-refractivity contribution in [3.63, 3.8) is 0 Å². The first-order valence-corrected chi connectivity index (χ1v) is 11.3. The van der Waals surface area contributed by atoms with E-state index in [4.69, 9.17) is 24.1 Å². The van der Waals surface area contributed by atoms with E-state index in [0.717, 1.165) is 6.42 Å². The van der Waals surface area contributed by atoms with Gasteiger partial charge in [-0.1, -0.05) is 13.8 Å². The highest BCUT2D eigenvalue weighted by atomic mass is 127. The lowest BCUT2D eigenvalue weighted by Crippen LogP contribution is -2.66. The zero-order valence-corrected chi connectivity index (χ0v) is 19.8. The van der Waals surface area contributed by atoms with Gasteiger partial charge in [0.25, 0.3) is 0 Å². The molecule has 0 radical (unpaired) electrons. The molecule has 0 aromatic rings. The molecule has 166 valence electrons. The Morgan fingerprint density at radius 3 is 2.43 bits per heavy atom. The van der Waals surface area contributed by atoms with Crippen LogP contribution < -0.4 is 9.26 Å². The van der Waals surface area contributed by atoms with Gasteiger partial charge in [0.1, 0.15) is 0 Å². The van der Waals surface area contributed by atoms with Crippen molar-refractivity contribution in [3.05, 3.63) is 0 Å². The van der Waals surface area contributed by atoms with Gasteiger partial charge in [0.15, 0.2) is 5.79 Å². The molecule has 0 aromatic carbocycles. The minimum Gasteiger partial charge on any atom is -0.396 e. The van der Waals surface area contributed by atoms with E-state index in [2.05, 4.69) is 39.3 Å². The van der Waals surface area contributed by atoms with Gasteiger partial charge in [-0.2, -0.15) is 0 Å². The Hall–Kier alpha value is 0.760. The van der Waals surface area contributed by atoms with E-state index in [-0.39, 0.29) is 36.8 Å². The average Bonchev–Trinajstić information content (AvgIpc) is 2.73. The number of hydrogen-bond donors (Lipinski definition) is 5. The lowest BCUT2D eigenvalue weighted by atomic mass is 9.80. The highest BCUT2D eigenvalue weighted by molar-refractivity contribution is 14.1. The summed E-state index contributed by atoms with van der Waals surface area (Å²) in [5.74, 6) is -0.818. The normalized spacial score (nSPS) is 38.5. The SMILES string of the molecule is CCC(CO)(COS)COC1CC(NI)C2(CC1N)OCC(CC)(CO)CO2. The van der Waals surface area contributed by atoms with Gasteiger partial charge in [0, 0.05) is 46.2 Å². The maximum absolute atomic E-state index is 9.80. The predicted octanol–water partition coefficient (Wildman–Crippen LogP) is 1.18. The number of hydrogen-bond acceptors (Lipinski definition) is 9. The van der Waals surface area contributed by atoms with Crippen LogP contribution in [0, 0.1) is 10.8 Å². The molecule has 4 atom stereocenters. The van der Waals surface area contributed by atoms with Crippen molar-refractivity contribution < 1.29 is 28.6 Å². The molecule has 28 heavy (non-hydrogen) atoms. The highest BCUT2D eigenvalue weighted by Gasteiger charge is 2.54. The summed E-state index contributed by atoms with van der Waals surface area (Å²) in [7, 11) is 0. The van der Waals surface area contributed by atoms with Gasteiger partial charge >= 0.3 is 0 Å². The molecule has 8 nitrogen and oxygen atoms in total. The van der Waals surface area contributed by atoms with Crippen LogP contribution in [0.4, 0.5) is 0 Å². The van der Waals surface area contributed by atoms with Crippen LogP contribution in [-0.4, -0.2) is 73.8 Å². The molecule has 0 amide bonds. The van der Waals surface area contributed by atoms with Gasteiger partial charge in [-0.25, -0.2) is 0 Å². The van der Waals surface area contributed by atoms with Gasteiger partial charge in [-0.05, 0) is 32.2 Å². The molecule has 1 aliphatic heterocycles. The molecule has 2 fully saturated rings. The molecule has 4 unspecified atom stereocenters. The molecule has 1 saturated heterocycles. The van der Waals surface area contributed by atoms with Gasteiger partial charge in [-0.15, -0.1) is 0 Å². The molecule has 2 aliphatic rings. The van der Waals surface area contributed by atoms with E-state index >= 15 is 0 Å². The molecule has 0 aromatic heterocycles. The lowest BCUT2D eigenvalue weighted by molar-refractivity contribution is -0.333. The molecule has 2 rings (SSSR count). The summed E-state index contributed by atoms with van der Waals surface area (Å²) in [6.07, 6.45) is 2.40. The second-order valence-electron chi connectivity index (χ2n) is 8.30. The minimum absolute atomic E-state index is 0.0349. The topological polar surface area (TPSA) is 115 Å². The molecule has 5 N–H and O–H groups in total. The Kier molecular flexibility index (Phi) is 9.72. The van der Waals surface area contributed by atoms with E-state index < -0.39 is 11.2 Å². The third-order valence-corrected chi connectivity index (χ3v) is 7.40. The largest absolute Gasteiger partial charge is 0.396 e. The summed E-state index contributed by atoms with van der Waals surface area (Å²) >= 11 is 5.94. The Balaban J connectivity index is 2.03. The van der Waals surface area contributed by atoms with Crippen LogP contribution in [0.25, 0.3) is 0 Å². The van der Waals surface area contributed by atoms with Crippen LogP contribution in [0.2, 0.25) is 0 Å². The zero-order chi connectivity index (χ0) is 20.8. The monoisotopic (exact) mass is 534 g/mol. The van der Waals surface area contributed by atoms with E-state index in [1.54, 1.807) is 0 Å². The molecule has 0 bridgehead atoms. The van der Waals surface area contributed by atoms with Crippen molar-refractivity contribution in [3.8, 4) is 0 Å². The summed E-state index contributed by atoms with van der Waals surface area (Å²) in [4.78, 5) is 0. The smallest absolute Gasteiger partial charge is 0.186 e. The Morgan fingerprint density at radius 2 is 1.96 bits per heavy atom. The minimum atomic E-state index is -0.818. The number of nitrogens with one attached hydrogen (secondary N) is 1. The second-order valence-corrected chi connectivity index (χ2v) is 9.18. The van der Waals surface area contributed by atoms with E-state index in [0.29, 0.717) is 45.7 Å². The summed E-state index contributed by atoms with van der Waals surface area (Å²) in [5.41, 5.74) is 5.60. The van der Waals surface area contributed by atoms with Crippen molar-refractivity contribution in [2.45, 2.75) is 63.5 Å².